The van der Waals surface area contributed by atoms with E-state index >= 15 is 0 Å². The van der Waals surface area contributed by atoms with Crippen LogP contribution in [0.3, 0.4) is 0 Å². The summed E-state index contributed by atoms with van der Waals surface area (Å²) in [5, 5.41) is 0. The second kappa shape index (κ2) is 4.79. The predicted molar refractivity (Wildman–Crippen MR) is 50.6 cm³/mol. The average Bonchev–Trinajstić information content (AvgIpc) is 2.72. The van der Waals surface area contributed by atoms with Crippen LogP contribution < -0.4 is 0 Å². The van der Waals surface area contributed by atoms with Crippen LogP contribution >= 0.6 is 0 Å². The summed E-state index contributed by atoms with van der Waals surface area (Å²) in [6, 6.07) is 0. The Hall–Kier alpha value is 0. The summed E-state index contributed by atoms with van der Waals surface area (Å²) < 4.78 is 0. The van der Waals surface area contributed by atoms with E-state index in [2.05, 4.69) is 13.8 Å². The molecule has 0 spiro atoms. The van der Waals surface area contributed by atoms with Crippen LogP contribution in [0.1, 0.15) is 58.8 Å². The monoisotopic (exact) mass is 154 g/mol. The second-order valence-electron chi connectivity index (χ2n) is 4.27. The molecule has 0 bridgehead atoms. The maximum Gasteiger partial charge on any atom is -0.0414 e. The molecule has 0 aromatic carbocycles. The first kappa shape index (κ1) is 9.09. The molecule has 0 aliphatic heterocycles. The fourth-order valence-corrected chi connectivity index (χ4v) is 1.80. The molecule has 0 heteroatoms. The van der Waals surface area contributed by atoms with E-state index in [0.29, 0.717) is 0 Å². The van der Waals surface area contributed by atoms with Gasteiger partial charge >= 0.3 is 0 Å². The molecule has 1 atom stereocenters. The minimum atomic E-state index is 0.985. The Morgan fingerprint density at radius 3 is 2.55 bits per heavy atom. The number of hydrogen-bond acceptors (Lipinski definition) is 0. The first-order valence-corrected chi connectivity index (χ1v) is 5.33. The Labute approximate surface area is 71.4 Å². The number of hydrogen-bond donors (Lipinski definition) is 0. The molecule has 1 unspecified atom stereocenters. The van der Waals surface area contributed by atoms with Gasteiger partial charge in [0.1, 0.15) is 0 Å². The average molecular weight is 154 g/mol. The summed E-state index contributed by atoms with van der Waals surface area (Å²) in [7, 11) is 0. The van der Waals surface area contributed by atoms with Gasteiger partial charge in [0, 0.05) is 0 Å². The van der Waals surface area contributed by atoms with Crippen LogP contribution in [0.5, 0.6) is 0 Å². The Bertz CT molecular complexity index is 92.2. The Morgan fingerprint density at radius 2 is 2.00 bits per heavy atom. The molecule has 1 rings (SSSR count). The van der Waals surface area contributed by atoms with E-state index in [-0.39, 0.29) is 0 Å². The molecule has 11 heavy (non-hydrogen) atoms. The minimum Gasteiger partial charge on any atom is -0.0654 e. The summed E-state index contributed by atoms with van der Waals surface area (Å²) in [5.41, 5.74) is 0. The molecule has 0 aromatic rings. The normalized spacial score (nSPS) is 20.2. The first-order chi connectivity index (χ1) is 5.33. The van der Waals surface area contributed by atoms with Gasteiger partial charge in [-0.3, -0.25) is 0 Å². The Morgan fingerprint density at radius 1 is 1.27 bits per heavy atom. The van der Waals surface area contributed by atoms with Gasteiger partial charge in [-0.25, -0.2) is 0 Å². The third-order valence-electron chi connectivity index (χ3n) is 2.79. The van der Waals surface area contributed by atoms with E-state index in [1.165, 1.54) is 44.9 Å². The van der Waals surface area contributed by atoms with Gasteiger partial charge in [0.05, 0.1) is 0 Å². The van der Waals surface area contributed by atoms with E-state index in [0.717, 1.165) is 11.8 Å². The highest BCUT2D eigenvalue weighted by atomic mass is 14.3. The summed E-state index contributed by atoms with van der Waals surface area (Å²) in [5.74, 6) is 2.13. The zero-order chi connectivity index (χ0) is 8.10. The van der Waals surface area contributed by atoms with E-state index < -0.39 is 0 Å². The fourth-order valence-electron chi connectivity index (χ4n) is 1.80. The van der Waals surface area contributed by atoms with Gasteiger partial charge in [0.15, 0.2) is 0 Å². The summed E-state index contributed by atoms with van der Waals surface area (Å²) in [4.78, 5) is 0. The van der Waals surface area contributed by atoms with Crippen molar-refractivity contribution < 1.29 is 0 Å². The van der Waals surface area contributed by atoms with E-state index in [4.69, 9.17) is 0 Å². The van der Waals surface area contributed by atoms with Crippen molar-refractivity contribution in [3.05, 3.63) is 0 Å². The van der Waals surface area contributed by atoms with Crippen LogP contribution in [-0.2, 0) is 0 Å². The van der Waals surface area contributed by atoms with Crippen LogP contribution in [0.4, 0.5) is 0 Å². The first-order valence-electron chi connectivity index (χ1n) is 5.33. The van der Waals surface area contributed by atoms with Crippen LogP contribution in [0.25, 0.3) is 0 Å². The largest absolute Gasteiger partial charge is 0.0654 e. The summed E-state index contributed by atoms with van der Waals surface area (Å²) in [6.07, 6.45) is 10.4. The van der Waals surface area contributed by atoms with Crippen molar-refractivity contribution in [2.45, 2.75) is 58.8 Å². The lowest BCUT2D eigenvalue weighted by molar-refractivity contribution is 0.452. The third-order valence-corrected chi connectivity index (χ3v) is 2.79. The van der Waals surface area contributed by atoms with Crippen molar-refractivity contribution in [1.29, 1.82) is 0 Å². The molecule has 0 aromatic heterocycles. The molecular weight excluding hydrogens is 132 g/mol. The SMILES string of the molecule is CCCC(C)CCCC1CC1. The summed E-state index contributed by atoms with van der Waals surface area (Å²) in [6.45, 7) is 4.69. The minimum absolute atomic E-state index is 0.985. The zero-order valence-electron chi connectivity index (χ0n) is 8.10. The maximum atomic E-state index is 2.40. The molecule has 1 aliphatic carbocycles. The van der Waals surface area contributed by atoms with Crippen molar-refractivity contribution in [1.82, 2.24) is 0 Å². The predicted octanol–water partition coefficient (Wildman–Crippen LogP) is 4.00. The van der Waals surface area contributed by atoms with E-state index in [1.807, 2.05) is 0 Å². The lowest BCUT2D eigenvalue weighted by Gasteiger charge is -2.08. The molecule has 0 heterocycles. The highest BCUT2D eigenvalue weighted by molar-refractivity contribution is 4.72. The van der Waals surface area contributed by atoms with Crippen molar-refractivity contribution in [3.8, 4) is 0 Å². The molecule has 0 amide bonds. The molecule has 0 N–H and O–H groups in total. The Kier molecular flexibility index (Phi) is 3.96. The van der Waals surface area contributed by atoms with Gasteiger partial charge in [-0.2, -0.15) is 0 Å². The molecule has 0 nitrogen and oxygen atoms in total. The van der Waals surface area contributed by atoms with Gasteiger partial charge in [0.2, 0.25) is 0 Å². The van der Waals surface area contributed by atoms with Crippen molar-refractivity contribution in [3.63, 3.8) is 0 Å². The molecule has 1 aliphatic rings. The van der Waals surface area contributed by atoms with Crippen molar-refractivity contribution in [2.24, 2.45) is 11.8 Å². The molecule has 0 radical (unpaired) electrons. The molecule has 0 saturated heterocycles. The van der Waals surface area contributed by atoms with Crippen LogP contribution in [0.15, 0.2) is 0 Å². The zero-order valence-corrected chi connectivity index (χ0v) is 8.10. The van der Waals surface area contributed by atoms with E-state index in [9.17, 15) is 0 Å². The van der Waals surface area contributed by atoms with Crippen molar-refractivity contribution in [2.75, 3.05) is 0 Å². The van der Waals surface area contributed by atoms with Gasteiger partial charge < -0.3 is 0 Å². The highest BCUT2D eigenvalue weighted by Gasteiger charge is 2.20. The molecular formula is C11H22. The highest BCUT2D eigenvalue weighted by Crippen LogP contribution is 2.34. The fraction of sp³-hybridized carbons (Fsp3) is 1.00. The van der Waals surface area contributed by atoms with Crippen LogP contribution in [0.2, 0.25) is 0 Å². The van der Waals surface area contributed by atoms with Gasteiger partial charge in [-0.05, 0) is 11.8 Å². The lowest BCUT2D eigenvalue weighted by Crippen LogP contribution is -1.93. The number of rotatable bonds is 6. The maximum absolute atomic E-state index is 2.40. The summed E-state index contributed by atoms with van der Waals surface area (Å²) >= 11 is 0. The molecule has 1 fully saturated rings. The van der Waals surface area contributed by atoms with E-state index in [1.54, 1.807) is 0 Å². The quantitative estimate of drug-likeness (QED) is 0.542. The topological polar surface area (TPSA) is 0 Å². The molecule has 1 saturated carbocycles. The van der Waals surface area contributed by atoms with Crippen LogP contribution in [0, 0.1) is 11.8 Å². The van der Waals surface area contributed by atoms with Gasteiger partial charge in [0.25, 0.3) is 0 Å². The van der Waals surface area contributed by atoms with Crippen molar-refractivity contribution >= 4 is 0 Å². The van der Waals surface area contributed by atoms with Crippen LogP contribution in [-0.4, -0.2) is 0 Å². The van der Waals surface area contributed by atoms with Gasteiger partial charge in [-0.15, -0.1) is 0 Å². The standard InChI is InChI=1S/C11H22/c1-3-5-10(2)6-4-7-11-8-9-11/h10-11H,3-9H2,1-2H3. The smallest absolute Gasteiger partial charge is 0.0414 e. The lowest BCUT2D eigenvalue weighted by atomic mass is 9.98. The second-order valence-corrected chi connectivity index (χ2v) is 4.27. The van der Waals surface area contributed by atoms with Gasteiger partial charge in [-0.1, -0.05) is 58.8 Å². The molecule has 66 valence electrons. The Balaban J connectivity index is 1.84. The third kappa shape index (κ3) is 4.44.